The van der Waals surface area contributed by atoms with Crippen LogP contribution in [0.25, 0.3) is 16.9 Å². The summed E-state index contributed by atoms with van der Waals surface area (Å²) in [4.78, 5) is 13.6. The fourth-order valence-electron chi connectivity index (χ4n) is 3.53. The number of nitrogens with one attached hydrogen (secondary N) is 1. The van der Waals surface area contributed by atoms with Crippen LogP contribution in [0.4, 0.5) is 11.5 Å². The second-order valence-electron chi connectivity index (χ2n) is 7.13. The lowest BCUT2D eigenvalue weighted by Gasteiger charge is -2.12. The van der Waals surface area contributed by atoms with E-state index in [0.717, 1.165) is 39.3 Å². The van der Waals surface area contributed by atoms with Crippen molar-refractivity contribution in [3.05, 3.63) is 77.7 Å². The first-order chi connectivity index (χ1) is 14.1. The average Bonchev–Trinajstić information content (AvgIpc) is 3.35. The molecule has 1 aliphatic rings. The third-order valence-corrected chi connectivity index (χ3v) is 5.13. The fraction of sp³-hybridized carbons (Fsp3) is 0.136. The van der Waals surface area contributed by atoms with Crippen molar-refractivity contribution < 1.29 is 5.11 Å². The molecule has 0 bridgehead atoms. The topological polar surface area (TPSA) is 101 Å². The number of aromatic nitrogens is 3. The number of imidazole rings is 1. The summed E-state index contributed by atoms with van der Waals surface area (Å²) in [5.41, 5.74) is 12.3. The lowest BCUT2D eigenvalue weighted by molar-refractivity contribution is 0.199. The molecule has 3 heterocycles. The number of benzene rings is 2. The molecule has 7 nitrogen and oxygen atoms in total. The molecule has 0 spiro atoms. The van der Waals surface area contributed by atoms with Crippen LogP contribution in [0.2, 0.25) is 0 Å². The largest absolute Gasteiger partial charge is 0.389 e. The zero-order valence-electron chi connectivity index (χ0n) is 15.9. The highest BCUT2D eigenvalue weighted by molar-refractivity contribution is 6.01. The van der Waals surface area contributed by atoms with E-state index >= 15 is 0 Å². The quantitative estimate of drug-likeness (QED) is 0.501. The van der Waals surface area contributed by atoms with Crippen LogP contribution in [0.15, 0.2) is 66.0 Å². The second-order valence-corrected chi connectivity index (χ2v) is 7.13. The Labute approximate surface area is 167 Å². The van der Waals surface area contributed by atoms with Crippen molar-refractivity contribution in [3.8, 4) is 11.3 Å². The van der Waals surface area contributed by atoms with E-state index in [9.17, 15) is 5.11 Å². The predicted molar refractivity (Wildman–Crippen MR) is 113 cm³/mol. The van der Waals surface area contributed by atoms with Crippen LogP contribution in [-0.2, 0) is 6.54 Å². The monoisotopic (exact) mass is 384 g/mol. The molecule has 144 valence electrons. The third-order valence-electron chi connectivity index (χ3n) is 5.13. The Balaban J connectivity index is 1.54. The van der Waals surface area contributed by atoms with Crippen molar-refractivity contribution in [1.29, 1.82) is 0 Å². The molecule has 0 radical (unpaired) electrons. The van der Waals surface area contributed by atoms with E-state index in [4.69, 9.17) is 10.7 Å². The lowest BCUT2D eigenvalue weighted by atomic mass is 10.0. The molecule has 1 atom stereocenters. The SMILES string of the molecule is CC(O)c1ccc(Nc2nc(-c3ccc4c(c3)CN=C4N)cn3ccnc23)cc1. The molecule has 5 rings (SSSR count). The number of rotatable bonds is 4. The van der Waals surface area contributed by atoms with Crippen molar-refractivity contribution in [3.63, 3.8) is 0 Å². The molecule has 2 aromatic carbocycles. The molecule has 0 aliphatic carbocycles. The van der Waals surface area contributed by atoms with Gasteiger partial charge in [0.15, 0.2) is 11.5 Å². The van der Waals surface area contributed by atoms with Gasteiger partial charge in [-0.15, -0.1) is 0 Å². The standard InChI is InChI=1S/C22H20N6O/c1-13(29)14-2-5-17(6-3-14)26-21-22-24-8-9-28(22)12-19(27-21)15-4-7-18-16(10-15)11-25-20(18)23/h2-10,12-13,29H,11H2,1H3,(H2,23,25)(H,26,27). The Morgan fingerprint density at radius 3 is 2.79 bits per heavy atom. The van der Waals surface area contributed by atoms with Crippen LogP contribution in [0.3, 0.4) is 0 Å². The molecule has 1 unspecified atom stereocenters. The van der Waals surface area contributed by atoms with E-state index in [2.05, 4.69) is 21.4 Å². The number of fused-ring (bicyclic) bond motifs is 2. The summed E-state index contributed by atoms with van der Waals surface area (Å²) < 4.78 is 1.95. The lowest BCUT2D eigenvalue weighted by Crippen LogP contribution is -2.10. The number of nitrogens with two attached hydrogens (primary N) is 1. The van der Waals surface area contributed by atoms with E-state index in [1.165, 1.54) is 0 Å². The van der Waals surface area contributed by atoms with Gasteiger partial charge < -0.3 is 20.6 Å². The number of amidine groups is 1. The van der Waals surface area contributed by atoms with Crippen LogP contribution in [0.1, 0.15) is 29.7 Å². The van der Waals surface area contributed by atoms with Crippen LogP contribution in [0, 0.1) is 0 Å². The molecule has 2 aromatic heterocycles. The summed E-state index contributed by atoms with van der Waals surface area (Å²) in [6, 6.07) is 13.7. The maximum atomic E-state index is 9.70. The number of hydrogen-bond acceptors (Lipinski definition) is 6. The summed E-state index contributed by atoms with van der Waals surface area (Å²) in [6.45, 7) is 2.35. The maximum Gasteiger partial charge on any atom is 0.180 e. The summed E-state index contributed by atoms with van der Waals surface area (Å²) >= 11 is 0. The Hall–Kier alpha value is -3.71. The van der Waals surface area contributed by atoms with Crippen molar-refractivity contribution in [2.75, 3.05) is 5.32 Å². The van der Waals surface area contributed by atoms with Crippen molar-refractivity contribution in [2.24, 2.45) is 10.7 Å². The summed E-state index contributed by atoms with van der Waals surface area (Å²) in [5.74, 6) is 1.25. The predicted octanol–water partition coefficient (Wildman–Crippen LogP) is 3.41. The van der Waals surface area contributed by atoms with Gasteiger partial charge in [0.1, 0.15) is 5.84 Å². The molecule has 29 heavy (non-hydrogen) atoms. The van der Waals surface area contributed by atoms with Crippen molar-refractivity contribution in [1.82, 2.24) is 14.4 Å². The molecule has 0 fully saturated rings. The van der Waals surface area contributed by atoms with E-state index in [1.807, 2.05) is 53.2 Å². The Morgan fingerprint density at radius 1 is 1.17 bits per heavy atom. The summed E-state index contributed by atoms with van der Waals surface area (Å²) in [7, 11) is 0. The van der Waals surface area contributed by atoms with Gasteiger partial charge in [-0.05, 0) is 36.2 Å². The molecule has 4 aromatic rings. The zero-order chi connectivity index (χ0) is 20.0. The van der Waals surface area contributed by atoms with E-state index in [-0.39, 0.29) is 0 Å². The molecule has 4 N–H and O–H groups in total. The fourth-order valence-corrected chi connectivity index (χ4v) is 3.53. The highest BCUT2D eigenvalue weighted by atomic mass is 16.3. The first-order valence-corrected chi connectivity index (χ1v) is 9.41. The number of aliphatic hydroxyl groups is 1. The van der Waals surface area contributed by atoms with Gasteiger partial charge in [0.05, 0.1) is 18.3 Å². The molecule has 0 saturated carbocycles. The highest BCUT2D eigenvalue weighted by Gasteiger charge is 2.16. The van der Waals surface area contributed by atoms with Crippen LogP contribution < -0.4 is 11.1 Å². The number of anilines is 2. The molecular formula is C22H20N6O. The highest BCUT2D eigenvalue weighted by Crippen LogP contribution is 2.28. The van der Waals surface area contributed by atoms with Gasteiger partial charge in [0, 0.05) is 35.4 Å². The van der Waals surface area contributed by atoms with E-state index < -0.39 is 6.10 Å². The number of nitrogens with zero attached hydrogens (tertiary/aromatic N) is 4. The van der Waals surface area contributed by atoms with Crippen LogP contribution in [0.5, 0.6) is 0 Å². The molecule has 7 heteroatoms. The van der Waals surface area contributed by atoms with Crippen LogP contribution in [-0.4, -0.2) is 25.3 Å². The normalized spacial score (nSPS) is 13.9. The average molecular weight is 384 g/mol. The van der Waals surface area contributed by atoms with E-state index in [0.29, 0.717) is 18.2 Å². The molecule has 0 saturated heterocycles. The summed E-state index contributed by atoms with van der Waals surface area (Å²) in [5, 5.41) is 13.1. The van der Waals surface area contributed by atoms with Gasteiger partial charge in [-0.1, -0.05) is 24.3 Å². The van der Waals surface area contributed by atoms with E-state index in [1.54, 1.807) is 13.1 Å². The zero-order valence-corrected chi connectivity index (χ0v) is 15.9. The van der Waals surface area contributed by atoms with Gasteiger partial charge in [0.25, 0.3) is 0 Å². The van der Waals surface area contributed by atoms with Gasteiger partial charge in [-0.25, -0.2) is 9.97 Å². The Kier molecular flexibility index (Phi) is 4.03. The number of hydrogen-bond donors (Lipinski definition) is 3. The maximum absolute atomic E-state index is 9.70. The van der Waals surface area contributed by atoms with Crippen LogP contribution >= 0.6 is 0 Å². The Bertz CT molecular complexity index is 1240. The second kappa shape index (κ2) is 6.72. The van der Waals surface area contributed by atoms with Gasteiger partial charge in [-0.3, -0.25) is 4.99 Å². The number of aliphatic hydroxyl groups excluding tert-OH is 1. The summed E-state index contributed by atoms with van der Waals surface area (Å²) in [6.07, 6.45) is 5.11. The Morgan fingerprint density at radius 2 is 2.00 bits per heavy atom. The van der Waals surface area contributed by atoms with Gasteiger partial charge in [0.2, 0.25) is 0 Å². The molecule has 0 amide bonds. The number of aliphatic imine (C=N–C) groups is 1. The minimum absolute atomic E-state index is 0.498. The van der Waals surface area contributed by atoms with Crippen molar-refractivity contribution in [2.45, 2.75) is 19.6 Å². The van der Waals surface area contributed by atoms with Crippen molar-refractivity contribution >= 4 is 23.0 Å². The van der Waals surface area contributed by atoms with Gasteiger partial charge >= 0.3 is 0 Å². The first-order valence-electron chi connectivity index (χ1n) is 9.41. The first kappa shape index (κ1) is 17.4. The molecular weight excluding hydrogens is 364 g/mol. The minimum atomic E-state index is -0.498. The minimum Gasteiger partial charge on any atom is -0.389 e. The third kappa shape index (κ3) is 3.11. The van der Waals surface area contributed by atoms with Gasteiger partial charge in [-0.2, -0.15) is 0 Å². The molecule has 1 aliphatic heterocycles. The smallest absolute Gasteiger partial charge is 0.180 e.